The summed E-state index contributed by atoms with van der Waals surface area (Å²) in [5.74, 6) is 1.24. The number of carbonyl (C=O) groups is 2. The summed E-state index contributed by atoms with van der Waals surface area (Å²) in [7, 11) is 1.66. The van der Waals surface area contributed by atoms with E-state index in [4.69, 9.17) is 14.2 Å². The fourth-order valence-electron chi connectivity index (χ4n) is 4.56. The molecular formula is C23H21N3O5. The highest BCUT2D eigenvalue weighted by Crippen LogP contribution is 2.53. The second kappa shape index (κ2) is 6.75. The lowest BCUT2D eigenvalue weighted by molar-refractivity contribution is -0.142. The van der Waals surface area contributed by atoms with Crippen molar-refractivity contribution in [2.75, 3.05) is 20.4 Å². The van der Waals surface area contributed by atoms with Gasteiger partial charge in [0.05, 0.1) is 12.2 Å². The number of nitrogens with zero attached hydrogens (tertiary/aromatic N) is 1. The summed E-state index contributed by atoms with van der Waals surface area (Å²) < 4.78 is 17.0. The van der Waals surface area contributed by atoms with E-state index in [1.807, 2.05) is 42.5 Å². The molecule has 8 heteroatoms. The van der Waals surface area contributed by atoms with Crippen molar-refractivity contribution < 1.29 is 23.8 Å². The molecule has 8 nitrogen and oxygen atoms in total. The maximum absolute atomic E-state index is 12.7. The first-order valence-electron chi connectivity index (χ1n) is 10.3. The van der Waals surface area contributed by atoms with E-state index < -0.39 is 6.04 Å². The van der Waals surface area contributed by atoms with Gasteiger partial charge in [-0.1, -0.05) is 24.3 Å². The number of benzene rings is 2. The topological polar surface area (TPSA) is 96.2 Å². The SMILES string of the molecule is CN1CC(=O)NC(Cc2c(C3OC3c3ccc4c(c3)OCO4)[nH]c3ccccc23)C1=O. The number of aromatic amines is 1. The number of hydrogen-bond donors (Lipinski definition) is 2. The van der Waals surface area contributed by atoms with Crippen LogP contribution in [0, 0.1) is 0 Å². The Bertz CT molecular complexity index is 1220. The summed E-state index contributed by atoms with van der Waals surface area (Å²) in [6, 6.07) is 13.2. The standard InChI is InChI=1S/C23H21N3O5/c1-26-10-19(27)24-16(23(26)28)9-14-13-4-2-3-5-15(13)25-20(14)22-21(31-22)12-6-7-17-18(8-12)30-11-29-17/h2-8,16,21-22,25H,9-11H2,1H3,(H,24,27). The van der Waals surface area contributed by atoms with Gasteiger partial charge in [-0.3, -0.25) is 9.59 Å². The van der Waals surface area contributed by atoms with Crippen LogP contribution in [0.5, 0.6) is 11.5 Å². The number of para-hydroxylation sites is 1. The number of H-pyrrole nitrogens is 1. The summed E-state index contributed by atoms with van der Waals surface area (Å²) in [5, 5.41) is 3.88. The number of aromatic nitrogens is 1. The molecule has 2 N–H and O–H groups in total. The summed E-state index contributed by atoms with van der Waals surface area (Å²) in [6.07, 6.45) is 0.137. The van der Waals surface area contributed by atoms with Crippen LogP contribution in [-0.2, 0) is 20.7 Å². The molecule has 2 aromatic carbocycles. The van der Waals surface area contributed by atoms with Crippen molar-refractivity contribution >= 4 is 22.7 Å². The molecule has 2 saturated heterocycles. The van der Waals surface area contributed by atoms with Crippen molar-refractivity contribution in [3.8, 4) is 11.5 Å². The lowest BCUT2D eigenvalue weighted by Gasteiger charge is -2.29. The Morgan fingerprint density at radius 2 is 1.90 bits per heavy atom. The summed E-state index contributed by atoms with van der Waals surface area (Å²) in [4.78, 5) is 29.7. The van der Waals surface area contributed by atoms with Gasteiger partial charge in [0.1, 0.15) is 18.2 Å². The molecule has 3 aliphatic rings. The van der Waals surface area contributed by atoms with Gasteiger partial charge < -0.3 is 29.4 Å². The fraction of sp³-hybridized carbons (Fsp3) is 0.304. The van der Waals surface area contributed by atoms with E-state index in [9.17, 15) is 9.59 Å². The lowest BCUT2D eigenvalue weighted by atomic mass is 9.97. The molecule has 0 saturated carbocycles. The van der Waals surface area contributed by atoms with Gasteiger partial charge in [-0.15, -0.1) is 0 Å². The Hall–Kier alpha value is -3.52. The third-order valence-corrected chi connectivity index (χ3v) is 6.15. The quantitative estimate of drug-likeness (QED) is 0.632. The summed E-state index contributed by atoms with van der Waals surface area (Å²) >= 11 is 0. The summed E-state index contributed by atoms with van der Waals surface area (Å²) in [6.45, 7) is 0.323. The number of epoxide rings is 1. The van der Waals surface area contributed by atoms with Gasteiger partial charge in [-0.2, -0.15) is 0 Å². The Labute approximate surface area is 178 Å². The Morgan fingerprint density at radius 1 is 1.06 bits per heavy atom. The van der Waals surface area contributed by atoms with E-state index in [1.165, 1.54) is 4.90 Å². The van der Waals surface area contributed by atoms with Crippen molar-refractivity contribution in [1.82, 2.24) is 15.2 Å². The van der Waals surface area contributed by atoms with Crippen LogP contribution in [0.15, 0.2) is 42.5 Å². The number of ether oxygens (including phenoxy) is 3. The lowest BCUT2D eigenvalue weighted by Crippen LogP contribution is -2.57. The number of likely N-dealkylation sites (N-methyl/N-ethyl adjacent to an activating group) is 1. The highest BCUT2D eigenvalue weighted by atomic mass is 16.7. The molecular weight excluding hydrogens is 398 g/mol. The van der Waals surface area contributed by atoms with Crippen LogP contribution in [-0.4, -0.2) is 48.1 Å². The monoisotopic (exact) mass is 419 g/mol. The first kappa shape index (κ1) is 18.3. The van der Waals surface area contributed by atoms with Crippen LogP contribution in [0.25, 0.3) is 10.9 Å². The van der Waals surface area contributed by atoms with Crippen molar-refractivity contribution in [3.05, 3.63) is 59.3 Å². The molecule has 6 rings (SSSR count). The largest absolute Gasteiger partial charge is 0.454 e. The number of rotatable bonds is 4. The molecule has 31 heavy (non-hydrogen) atoms. The van der Waals surface area contributed by atoms with E-state index in [-0.39, 0.29) is 37.4 Å². The minimum Gasteiger partial charge on any atom is -0.454 e. The molecule has 2 amide bonds. The molecule has 3 atom stereocenters. The van der Waals surface area contributed by atoms with Crippen molar-refractivity contribution in [2.24, 2.45) is 0 Å². The Balaban J connectivity index is 1.34. The predicted molar refractivity (Wildman–Crippen MR) is 111 cm³/mol. The van der Waals surface area contributed by atoms with E-state index in [0.717, 1.165) is 39.2 Å². The number of nitrogens with one attached hydrogen (secondary N) is 2. The second-order valence-corrected chi connectivity index (χ2v) is 8.17. The third-order valence-electron chi connectivity index (χ3n) is 6.15. The van der Waals surface area contributed by atoms with Gasteiger partial charge >= 0.3 is 0 Å². The van der Waals surface area contributed by atoms with Gasteiger partial charge in [0.15, 0.2) is 11.5 Å². The Morgan fingerprint density at radius 3 is 2.81 bits per heavy atom. The van der Waals surface area contributed by atoms with Crippen LogP contribution >= 0.6 is 0 Å². The number of amides is 2. The molecule has 3 unspecified atom stereocenters. The highest BCUT2D eigenvalue weighted by molar-refractivity contribution is 5.95. The van der Waals surface area contributed by atoms with Crippen LogP contribution in [0.2, 0.25) is 0 Å². The molecule has 3 aliphatic heterocycles. The maximum Gasteiger partial charge on any atom is 0.245 e. The molecule has 0 bridgehead atoms. The van der Waals surface area contributed by atoms with E-state index in [1.54, 1.807) is 7.05 Å². The fourth-order valence-corrected chi connectivity index (χ4v) is 4.56. The van der Waals surface area contributed by atoms with Crippen LogP contribution in [0.1, 0.15) is 29.0 Å². The number of fused-ring (bicyclic) bond motifs is 2. The third kappa shape index (κ3) is 3.02. The molecule has 3 aromatic rings. The number of hydrogen-bond acceptors (Lipinski definition) is 5. The smallest absolute Gasteiger partial charge is 0.245 e. The molecule has 1 aromatic heterocycles. The Kier molecular flexibility index (Phi) is 3.97. The summed E-state index contributed by atoms with van der Waals surface area (Å²) in [5.41, 5.74) is 3.94. The average Bonchev–Trinajstić information content (AvgIpc) is 3.27. The molecule has 0 radical (unpaired) electrons. The van der Waals surface area contributed by atoms with Gasteiger partial charge in [0, 0.05) is 24.4 Å². The van der Waals surface area contributed by atoms with E-state index >= 15 is 0 Å². The number of piperazine rings is 1. The number of carbonyl (C=O) groups excluding carboxylic acids is 2. The van der Waals surface area contributed by atoms with Gasteiger partial charge in [-0.05, 0) is 29.3 Å². The van der Waals surface area contributed by atoms with Gasteiger partial charge in [-0.25, -0.2) is 0 Å². The predicted octanol–water partition coefficient (Wildman–Crippen LogP) is 2.21. The molecule has 158 valence electrons. The second-order valence-electron chi connectivity index (χ2n) is 8.17. The van der Waals surface area contributed by atoms with Gasteiger partial charge in [0.25, 0.3) is 0 Å². The highest BCUT2D eigenvalue weighted by Gasteiger charge is 2.45. The van der Waals surface area contributed by atoms with Gasteiger partial charge in [0.2, 0.25) is 18.6 Å². The zero-order valence-electron chi connectivity index (χ0n) is 16.9. The molecule has 2 fully saturated rings. The zero-order valence-corrected chi connectivity index (χ0v) is 16.9. The first-order valence-corrected chi connectivity index (χ1v) is 10.3. The van der Waals surface area contributed by atoms with E-state index in [0.29, 0.717) is 6.42 Å². The van der Waals surface area contributed by atoms with Crippen molar-refractivity contribution in [3.63, 3.8) is 0 Å². The van der Waals surface area contributed by atoms with Crippen LogP contribution in [0.4, 0.5) is 0 Å². The zero-order chi connectivity index (χ0) is 21.1. The maximum atomic E-state index is 12.7. The molecule has 0 spiro atoms. The minimum atomic E-state index is -0.591. The first-order chi connectivity index (χ1) is 15.1. The van der Waals surface area contributed by atoms with Crippen LogP contribution < -0.4 is 14.8 Å². The van der Waals surface area contributed by atoms with Crippen LogP contribution in [0.3, 0.4) is 0 Å². The average molecular weight is 419 g/mol. The molecule has 4 heterocycles. The molecule has 0 aliphatic carbocycles. The van der Waals surface area contributed by atoms with Crippen molar-refractivity contribution in [2.45, 2.75) is 24.7 Å². The normalized spacial score (nSPS) is 24.5. The van der Waals surface area contributed by atoms with E-state index in [2.05, 4.69) is 10.3 Å². The van der Waals surface area contributed by atoms with Crippen molar-refractivity contribution in [1.29, 1.82) is 0 Å². The minimum absolute atomic E-state index is 0.0835.